The fourth-order valence-electron chi connectivity index (χ4n) is 3.81. The molecule has 4 heterocycles. The molecule has 172 valence electrons. The summed E-state index contributed by atoms with van der Waals surface area (Å²) >= 11 is 2.86. The highest BCUT2D eigenvalue weighted by atomic mass is 32.2. The molecule has 1 N–H and O–H groups in total. The Labute approximate surface area is 193 Å². The van der Waals surface area contributed by atoms with Crippen LogP contribution in [0.3, 0.4) is 0 Å². The number of thioether (sulfide) groups is 1. The Balaban J connectivity index is 1.48. The maximum atomic E-state index is 13.0. The zero-order chi connectivity index (χ0) is 22.5. The van der Waals surface area contributed by atoms with Gasteiger partial charge in [0.2, 0.25) is 11.8 Å². The lowest BCUT2D eigenvalue weighted by molar-refractivity contribution is -0.149. The Kier molecular flexibility index (Phi) is 7.43. The highest BCUT2D eigenvalue weighted by Crippen LogP contribution is 2.29. The molecule has 10 nitrogen and oxygen atoms in total. The van der Waals surface area contributed by atoms with Crippen LogP contribution in [-0.4, -0.2) is 82.2 Å². The molecule has 32 heavy (non-hydrogen) atoms. The third-order valence-corrected chi connectivity index (χ3v) is 7.25. The highest BCUT2D eigenvalue weighted by Gasteiger charge is 2.35. The van der Waals surface area contributed by atoms with Gasteiger partial charge in [-0.2, -0.15) is 0 Å². The molecule has 2 aliphatic rings. The number of ether oxygens (including phenoxy) is 2. The third kappa shape index (κ3) is 5.13. The molecule has 12 heteroatoms. The summed E-state index contributed by atoms with van der Waals surface area (Å²) in [7, 11) is 1.26. The van der Waals surface area contributed by atoms with Gasteiger partial charge < -0.3 is 19.7 Å². The number of carbonyl (C=O) groups excluding carboxylic acids is 3. The summed E-state index contributed by atoms with van der Waals surface area (Å²) in [5.74, 6) is -0.274. The van der Waals surface area contributed by atoms with Crippen molar-refractivity contribution in [3.05, 3.63) is 17.5 Å². The molecule has 2 atom stereocenters. The van der Waals surface area contributed by atoms with Gasteiger partial charge in [-0.05, 0) is 24.3 Å². The van der Waals surface area contributed by atoms with E-state index in [1.807, 2.05) is 22.1 Å². The predicted molar refractivity (Wildman–Crippen MR) is 118 cm³/mol. The zero-order valence-electron chi connectivity index (χ0n) is 17.7. The topological polar surface area (TPSA) is 116 Å². The van der Waals surface area contributed by atoms with E-state index in [0.29, 0.717) is 24.8 Å². The van der Waals surface area contributed by atoms with Gasteiger partial charge in [0.05, 0.1) is 36.8 Å². The minimum atomic E-state index is -0.865. The molecule has 2 aliphatic heterocycles. The number of rotatable bonds is 8. The van der Waals surface area contributed by atoms with Crippen molar-refractivity contribution in [3.63, 3.8) is 0 Å². The van der Waals surface area contributed by atoms with Gasteiger partial charge in [-0.25, -0.2) is 0 Å². The SMILES string of the molecule is COC(=O)C[C@@H]1C(=O)NCCN1C(=O)CSc1nnc(-c2cccs2)n1C[C@@H]1CCCO1. The first kappa shape index (κ1) is 22.7. The number of nitrogens with one attached hydrogen (secondary N) is 1. The Hall–Kier alpha value is -2.44. The van der Waals surface area contributed by atoms with Crippen LogP contribution in [0.4, 0.5) is 0 Å². The van der Waals surface area contributed by atoms with Crippen LogP contribution in [0.1, 0.15) is 19.3 Å². The average molecular weight is 480 g/mol. The Morgan fingerprint density at radius 2 is 2.28 bits per heavy atom. The summed E-state index contributed by atoms with van der Waals surface area (Å²) in [5, 5.41) is 14.0. The van der Waals surface area contributed by atoms with Crippen molar-refractivity contribution in [3.8, 4) is 10.7 Å². The van der Waals surface area contributed by atoms with Gasteiger partial charge in [-0.3, -0.25) is 19.0 Å². The molecule has 0 saturated carbocycles. The third-order valence-electron chi connectivity index (χ3n) is 5.43. The van der Waals surface area contributed by atoms with Gasteiger partial charge in [0.25, 0.3) is 0 Å². The van der Waals surface area contributed by atoms with Crippen LogP contribution in [0.5, 0.6) is 0 Å². The van der Waals surface area contributed by atoms with E-state index < -0.39 is 12.0 Å². The van der Waals surface area contributed by atoms with Gasteiger partial charge >= 0.3 is 5.97 Å². The molecule has 0 spiro atoms. The van der Waals surface area contributed by atoms with E-state index in [2.05, 4.69) is 20.3 Å². The van der Waals surface area contributed by atoms with E-state index in [9.17, 15) is 14.4 Å². The Morgan fingerprint density at radius 1 is 1.41 bits per heavy atom. The molecule has 0 unspecified atom stereocenters. The molecule has 0 bridgehead atoms. The molecule has 2 fully saturated rings. The van der Waals surface area contributed by atoms with Gasteiger partial charge in [0.15, 0.2) is 11.0 Å². The van der Waals surface area contributed by atoms with E-state index in [1.165, 1.54) is 23.8 Å². The van der Waals surface area contributed by atoms with E-state index in [4.69, 9.17) is 4.74 Å². The second kappa shape index (κ2) is 10.5. The number of hydrogen-bond donors (Lipinski definition) is 1. The van der Waals surface area contributed by atoms with Crippen molar-refractivity contribution in [1.82, 2.24) is 25.0 Å². The first-order valence-corrected chi connectivity index (χ1v) is 12.3. The van der Waals surface area contributed by atoms with Gasteiger partial charge in [-0.1, -0.05) is 17.8 Å². The van der Waals surface area contributed by atoms with Crippen LogP contribution >= 0.6 is 23.1 Å². The lowest BCUT2D eigenvalue weighted by Crippen LogP contribution is -2.58. The number of hydrogen-bond acceptors (Lipinski definition) is 9. The van der Waals surface area contributed by atoms with Crippen molar-refractivity contribution in [2.24, 2.45) is 0 Å². The van der Waals surface area contributed by atoms with Crippen LogP contribution in [0.2, 0.25) is 0 Å². The van der Waals surface area contributed by atoms with Crippen LogP contribution in [0.25, 0.3) is 10.7 Å². The Morgan fingerprint density at radius 3 is 3.00 bits per heavy atom. The summed E-state index contributed by atoms with van der Waals surface area (Å²) in [5.41, 5.74) is 0. The summed E-state index contributed by atoms with van der Waals surface area (Å²) in [6, 6.07) is 3.09. The predicted octanol–water partition coefficient (Wildman–Crippen LogP) is 1.17. The van der Waals surface area contributed by atoms with Crippen molar-refractivity contribution in [2.75, 3.05) is 32.6 Å². The van der Waals surface area contributed by atoms with E-state index >= 15 is 0 Å². The summed E-state index contributed by atoms with van der Waals surface area (Å²) in [6.07, 6.45) is 1.93. The number of methoxy groups -OCH3 is 1. The normalized spacial score (nSPS) is 20.9. The number of piperazine rings is 1. The number of nitrogens with zero attached hydrogens (tertiary/aromatic N) is 4. The molecular formula is C20H25N5O5S2. The number of amides is 2. The molecule has 0 radical (unpaired) electrons. The number of thiophene rings is 1. The molecule has 2 saturated heterocycles. The van der Waals surface area contributed by atoms with Crippen molar-refractivity contribution in [1.29, 1.82) is 0 Å². The van der Waals surface area contributed by atoms with Gasteiger partial charge in [0.1, 0.15) is 6.04 Å². The smallest absolute Gasteiger partial charge is 0.308 e. The molecule has 2 aromatic rings. The first-order chi connectivity index (χ1) is 15.6. The van der Waals surface area contributed by atoms with Gasteiger partial charge in [0, 0.05) is 19.7 Å². The van der Waals surface area contributed by atoms with Crippen molar-refractivity contribution >= 4 is 40.9 Å². The summed E-state index contributed by atoms with van der Waals surface area (Å²) < 4.78 is 12.5. The lowest BCUT2D eigenvalue weighted by atomic mass is 10.1. The first-order valence-electron chi connectivity index (χ1n) is 10.4. The standard InChI is InChI=1S/C20H25N5O5S2/c1-29-17(27)10-14-19(28)21-6-7-24(14)16(26)12-32-20-23-22-18(15-5-3-9-31-15)25(20)11-13-4-2-8-30-13/h3,5,9,13-14H,2,4,6-8,10-12H2,1H3,(H,21,28)/t13-,14+/m0/s1. The van der Waals surface area contributed by atoms with Crippen LogP contribution in [0, 0.1) is 0 Å². The van der Waals surface area contributed by atoms with Crippen molar-refractivity contribution < 1.29 is 23.9 Å². The highest BCUT2D eigenvalue weighted by molar-refractivity contribution is 7.99. The second-order valence-corrected chi connectivity index (χ2v) is 9.38. The molecule has 2 aromatic heterocycles. The lowest BCUT2D eigenvalue weighted by Gasteiger charge is -2.34. The minimum Gasteiger partial charge on any atom is -0.469 e. The van der Waals surface area contributed by atoms with Gasteiger partial charge in [-0.15, -0.1) is 21.5 Å². The average Bonchev–Trinajstić information content (AvgIpc) is 3.56. The minimum absolute atomic E-state index is 0.0824. The van der Waals surface area contributed by atoms with E-state index in [0.717, 1.165) is 30.2 Å². The maximum Gasteiger partial charge on any atom is 0.308 e. The summed E-state index contributed by atoms with van der Waals surface area (Å²) in [4.78, 5) is 39.4. The second-order valence-electron chi connectivity index (χ2n) is 7.49. The van der Waals surface area contributed by atoms with Crippen molar-refractivity contribution in [2.45, 2.75) is 43.1 Å². The fraction of sp³-hybridized carbons (Fsp3) is 0.550. The maximum absolute atomic E-state index is 13.0. The molecule has 2 amide bonds. The van der Waals surface area contributed by atoms with E-state index in [1.54, 1.807) is 11.3 Å². The molecular weight excluding hydrogens is 454 g/mol. The number of aromatic nitrogens is 3. The van der Waals surface area contributed by atoms with Crippen LogP contribution in [-0.2, 0) is 30.4 Å². The van der Waals surface area contributed by atoms with E-state index in [-0.39, 0.29) is 30.1 Å². The van der Waals surface area contributed by atoms with Crippen LogP contribution in [0.15, 0.2) is 22.7 Å². The quantitative estimate of drug-likeness (QED) is 0.443. The summed E-state index contributed by atoms with van der Waals surface area (Å²) in [6.45, 7) is 2.06. The molecule has 0 aliphatic carbocycles. The zero-order valence-corrected chi connectivity index (χ0v) is 19.3. The van der Waals surface area contributed by atoms with Crippen LogP contribution < -0.4 is 5.32 Å². The monoisotopic (exact) mass is 479 g/mol. The fourth-order valence-corrected chi connectivity index (χ4v) is 5.36. The number of carbonyl (C=O) groups is 3. The Bertz CT molecular complexity index is 958. The largest absolute Gasteiger partial charge is 0.469 e. The molecule has 0 aromatic carbocycles. The number of esters is 1. The molecule has 4 rings (SSSR count).